The van der Waals surface area contributed by atoms with Crippen LogP contribution in [0.3, 0.4) is 0 Å². The van der Waals surface area contributed by atoms with Crippen molar-refractivity contribution < 1.29 is 9.13 Å². The molecular formula is C24H29FN4O. The van der Waals surface area contributed by atoms with Gasteiger partial charge in [0, 0.05) is 36.8 Å². The Labute approximate surface area is 176 Å². The lowest BCUT2D eigenvalue weighted by molar-refractivity contribution is 0.122. The molecule has 3 heterocycles. The lowest BCUT2D eigenvalue weighted by Crippen LogP contribution is -2.36. The van der Waals surface area contributed by atoms with E-state index in [0.717, 1.165) is 61.7 Å². The molecule has 3 aromatic rings. The maximum atomic E-state index is 13.8. The van der Waals surface area contributed by atoms with Gasteiger partial charge in [-0.05, 0) is 67.3 Å². The van der Waals surface area contributed by atoms with E-state index in [1.54, 1.807) is 12.1 Å². The molecule has 5 nitrogen and oxygen atoms in total. The molecule has 1 atom stereocenters. The second-order valence-corrected chi connectivity index (χ2v) is 8.71. The van der Waals surface area contributed by atoms with Gasteiger partial charge in [-0.15, -0.1) is 0 Å². The highest BCUT2D eigenvalue weighted by molar-refractivity contribution is 5.82. The lowest BCUT2D eigenvalue weighted by Gasteiger charge is -2.32. The van der Waals surface area contributed by atoms with Crippen LogP contribution in [-0.4, -0.2) is 41.3 Å². The largest absolute Gasteiger partial charge is 0.378 e. The van der Waals surface area contributed by atoms with Gasteiger partial charge in [-0.25, -0.2) is 9.37 Å². The summed E-state index contributed by atoms with van der Waals surface area (Å²) in [5.74, 6) is 3.45. The molecule has 1 saturated heterocycles. The number of rotatable bonds is 4. The number of H-pyrrole nitrogens is 1. The van der Waals surface area contributed by atoms with E-state index in [4.69, 9.17) is 9.72 Å². The Morgan fingerprint density at radius 3 is 2.73 bits per heavy atom. The number of aromatic nitrogens is 3. The summed E-state index contributed by atoms with van der Waals surface area (Å²) in [6, 6.07) is 7.00. The minimum absolute atomic E-state index is 0.187. The Hall–Kier alpha value is -2.47. The minimum Gasteiger partial charge on any atom is -0.378 e. The highest BCUT2D eigenvalue weighted by Crippen LogP contribution is 2.42. The SMILES string of the molecule is CC(c1nc(N2CCOCC2)c[nH]1)C1CCC(c2ccnc3ccc(F)cc23)CC1. The van der Waals surface area contributed by atoms with Crippen LogP contribution in [0, 0.1) is 11.7 Å². The van der Waals surface area contributed by atoms with Gasteiger partial charge in [0.25, 0.3) is 0 Å². The van der Waals surface area contributed by atoms with Crippen molar-refractivity contribution in [1.82, 2.24) is 15.0 Å². The fourth-order valence-corrected chi connectivity index (χ4v) is 5.16. The zero-order chi connectivity index (χ0) is 20.5. The average molecular weight is 409 g/mol. The number of anilines is 1. The molecule has 5 rings (SSSR count). The first-order valence-electron chi connectivity index (χ1n) is 11.1. The fourth-order valence-electron chi connectivity index (χ4n) is 5.16. The highest BCUT2D eigenvalue weighted by Gasteiger charge is 2.29. The molecule has 0 amide bonds. The van der Waals surface area contributed by atoms with E-state index in [1.165, 1.54) is 24.5 Å². The van der Waals surface area contributed by atoms with Gasteiger partial charge in [0.2, 0.25) is 0 Å². The smallest absolute Gasteiger partial charge is 0.147 e. The van der Waals surface area contributed by atoms with Crippen molar-refractivity contribution in [3.05, 3.63) is 53.9 Å². The molecule has 0 radical (unpaired) electrons. The van der Waals surface area contributed by atoms with E-state index < -0.39 is 0 Å². The molecule has 2 aromatic heterocycles. The van der Waals surface area contributed by atoms with Crippen LogP contribution in [-0.2, 0) is 4.74 Å². The summed E-state index contributed by atoms with van der Waals surface area (Å²) in [6.45, 7) is 5.66. The zero-order valence-corrected chi connectivity index (χ0v) is 17.5. The predicted molar refractivity (Wildman–Crippen MR) is 116 cm³/mol. The van der Waals surface area contributed by atoms with Gasteiger partial charge in [0.15, 0.2) is 0 Å². The van der Waals surface area contributed by atoms with Crippen molar-refractivity contribution in [2.75, 3.05) is 31.2 Å². The molecule has 2 fully saturated rings. The van der Waals surface area contributed by atoms with E-state index in [0.29, 0.717) is 17.8 Å². The Morgan fingerprint density at radius 2 is 1.93 bits per heavy atom. The molecule has 30 heavy (non-hydrogen) atoms. The van der Waals surface area contributed by atoms with Crippen LogP contribution in [0.4, 0.5) is 10.2 Å². The first-order chi connectivity index (χ1) is 14.7. The minimum atomic E-state index is -0.187. The number of ether oxygens (including phenoxy) is 1. The van der Waals surface area contributed by atoms with Crippen LogP contribution in [0.15, 0.2) is 36.7 Å². The summed E-state index contributed by atoms with van der Waals surface area (Å²) in [6.07, 6.45) is 8.49. The molecule has 1 aliphatic carbocycles. The molecule has 158 valence electrons. The standard InChI is InChI=1S/C24H29FN4O/c1-16(24-27-15-23(28-24)29-10-12-30-13-11-29)17-2-4-18(5-3-17)20-8-9-26-22-7-6-19(25)14-21(20)22/h6-9,14-18H,2-5,10-13H2,1H3,(H,27,28). The predicted octanol–water partition coefficient (Wildman–Crippen LogP) is 5.01. The quantitative estimate of drug-likeness (QED) is 0.659. The van der Waals surface area contributed by atoms with Crippen LogP contribution in [0.1, 0.15) is 55.8 Å². The van der Waals surface area contributed by atoms with Gasteiger partial charge >= 0.3 is 0 Å². The van der Waals surface area contributed by atoms with E-state index in [9.17, 15) is 4.39 Å². The van der Waals surface area contributed by atoms with Crippen molar-refractivity contribution in [1.29, 1.82) is 0 Å². The number of aromatic amines is 1. The first-order valence-corrected chi connectivity index (χ1v) is 11.1. The molecule has 1 saturated carbocycles. The molecule has 6 heteroatoms. The van der Waals surface area contributed by atoms with E-state index in [2.05, 4.69) is 27.9 Å². The molecule has 1 aromatic carbocycles. The number of nitrogens with one attached hydrogen (secondary N) is 1. The molecule has 1 unspecified atom stereocenters. The number of halogens is 1. The van der Waals surface area contributed by atoms with Crippen molar-refractivity contribution in [2.45, 2.75) is 44.4 Å². The lowest BCUT2D eigenvalue weighted by atomic mass is 9.73. The fraction of sp³-hybridized carbons (Fsp3) is 0.500. The van der Waals surface area contributed by atoms with Crippen LogP contribution in [0.2, 0.25) is 0 Å². The van der Waals surface area contributed by atoms with Gasteiger partial charge in [-0.3, -0.25) is 4.98 Å². The van der Waals surface area contributed by atoms with E-state index in [1.807, 2.05) is 12.4 Å². The number of hydrogen-bond acceptors (Lipinski definition) is 4. The number of fused-ring (bicyclic) bond motifs is 1. The third-order valence-electron chi connectivity index (χ3n) is 7.01. The summed E-state index contributed by atoms with van der Waals surface area (Å²) in [5.41, 5.74) is 2.13. The Morgan fingerprint density at radius 1 is 1.13 bits per heavy atom. The normalized spacial score (nSPS) is 23.6. The van der Waals surface area contributed by atoms with Gasteiger partial charge < -0.3 is 14.6 Å². The maximum Gasteiger partial charge on any atom is 0.147 e. The second kappa shape index (κ2) is 8.34. The first kappa shape index (κ1) is 19.5. The second-order valence-electron chi connectivity index (χ2n) is 8.71. The topological polar surface area (TPSA) is 54.0 Å². The van der Waals surface area contributed by atoms with Crippen LogP contribution in [0.25, 0.3) is 10.9 Å². The van der Waals surface area contributed by atoms with Gasteiger partial charge in [-0.2, -0.15) is 0 Å². The molecule has 1 aliphatic heterocycles. The van der Waals surface area contributed by atoms with Gasteiger partial charge in [0.05, 0.1) is 18.7 Å². The number of benzene rings is 1. The van der Waals surface area contributed by atoms with Crippen molar-refractivity contribution in [3.63, 3.8) is 0 Å². The Bertz CT molecular complexity index is 1010. The summed E-state index contributed by atoms with van der Waals surface area (Å²) in [7, 11) is 0. The Kier molecular flexibility index (Phi) is 5.42. The number of nitrogens with zero attached hydrogens (tertiary/aromatic N) is 3. The average Bonchev–Trinajstić information content (AvgIpc) is 3.29. The monoisotopic (exact) mass is 408 g/mol. The molecule has 2 aliphatic rings. The van der Waals surface area contributed by atoms with Gasteiger partial charge in [-0.1, -0.05) is 6.92 Å². The zero-order valence-electron chi connectivity index (χ0n) is 17.5. The van der Waals surface area contributed by atoms with Crippen LogP contribution < -0.4 is 4.90 Å². The van der Waals surface area contributed by atoms with Gasteiger partial charge in [0.1, 0.15) is 17.5 Å². The number of imidazole rings is 1. The summed E-state index contributed by atoms with van der Waals surface area (Å²) in [4.78, 5) is 15.0. The molecule has 1 N–H and O–H groups in total. The third kappa shape index (κ3) is 3.81. The van der Waals surface area contributed by atoms with Crippen molar-refractivity contribution >= 4 is 16.7 Å². The van der Waals surface area contributed by atoms with Crippen molar-refractivity contribution in [2.24, 2.45) is 5.92 Å². The summed E-state index contributed by atoms with van der Waals surface area (Å²) < 4.78 is 19.3. The van der Waals surface area contributed by atoms with E-state index in [-0.39, 0.29) is 5.82 Å². The van der Waals surface area contributed by atoms with E-state index >= 15 is 0 Å². The maximum absolute atomic E-state index is 13.8. The molecule has 0 spiro atoms. The highest BCUT2D eigenvalue weighted by atomic mass is 19.1. The Balaban J connectivity index is 1.26. The number of pyridine rings is 1. The number of morpholine rings is 1. The number of hydrogen-bond donors (Lipinski definition) is 1. The van der Waals surface area contributed by atoms with Crippen molar-refractivity contribution in [3.8, 4) is 0 Å². The molecule has 0 bridgehead atoms. The summed E-state index contributed by atoms with van der Waals surface area (Å²) in [5, 5.41) is 0.968. The molecular weight excluding hydrogens is 379 g/mol. The summed E-state index contributed by atoms with van der Waals surface area (Å²) >= 11 is 0. The van der Waals surface area contributed by atoms with Crippen LogP contribution >= 0.6 is 0 Å². The van der Waals surface area contributed by atoms with Crippen LogP contribution in [0.5, 0.6) is 0 Å². The third-order valence-corrected chi connectivity index (χ3v) is 7.01.